The molecular weight excluding hydrogens is 422 g/mol. The molecule has 6 rings (SSSR count). The van der Waals surface area contributed by atoms with E-state index in [4.69, 9.17) is 9.52 Å². The number of carbonyl (C=O) groups excluding carboxylic acids is 1. The van der Waals surface area contributed by atoms with Crippen LogP contribution in [0.25, 0.3) is 34.2 Å². The minimum atomic E-state index is -0.0571. The largest absolute Gasteiger partial charge is 0.454 e. The second-order valence-corrected chi connectivity index (χ2v) is 9.83. The number of fused-ring (bicyclic) bond motifs is 3. The number of benzene rings is 2. The third-order valence-corrected chi connectivity index (χ3v) is 7.64. The molecule has 0 aliphatic heterocycles. The molecule has 2 aromatic carbocycles. The summed E-state index contributed by atoms with van der Waals surface area (Å²) >= 11 is 0. The van der Waals surface area contributed by atoms with Crippen LogP contribution in [0, 0.1) is 17.8 Å². The van der Waals surface area contributed by atoms with Crippen LogP contribution in [0.2, 0.25) is 0 Å². The Morgan fingerprint density at radius 3 is 2.71 bits per heavy atom. The third-order valence-electron chi connectivity index (χ3n) is 7.64. The highest BCUT2D eigenvalue weighted by Gasteiger charge is 2.42. The normalized spacial score (nSPS) is 22.6. The first kappa shape index (κ1) is 21.0. The van der Waals surface area contributed by atoms with Crippen molar-refractivity contribution in [3.8, 4) is 17.1 Å². The molecule has 2 saturated carbocycles. The molecule has 5 nitrogen and oxygen atoms in total. The number of nitrogens with zero attached hydrogens (tertiary/aromatic N) is 2. The van der Waals surface area contributed by atoms with Gasteiger partial charge in [0, 0.05) is 29.3 Å². The van der Waals surface area contributed by atoms with Crippen LogP contribution in [0.4, 0.5) is 0 Å². The van der Waals surface area contributed by atoms with Crippen molar-refractivity contribution < 1.29 is 9.21 Å². The zero-order valence-corrected chi connectivity index (χ0v) is 19.4. The van der Waals surface area contributed by atoms with Gasteiger partial charge in [0.25, 0.3) is 0 Å². The maximum absolute atomic E-state index is 12.8. The van der Waals surface area contributed by atoms with E-state index >= 15 is 0 Å². The molecule has 0 spiro atoms. The molecule has 1 N–H and O–H groups in total. The van der Waals surface area contributed by atoms with E-state index in [1.165, 1.54) is 25.7 Å². The smallest absolute Gasteiger partial charge is 0.244 e. The van der Waals surface area contributed by atoms with Crippen molar-refractivity contribution in [2.24, 2.45) is 17.8 Å². The summed E-state index contributed by atoms with van der Waals surface area (Å²) in [6.45, 7) is 2.16. The van der Waals surface area contributed by atoms with Crippen LogP contribution in [-0.4, -0.2) is 21.7 Å². The summed E-state index contributed by atoms with van der Waals surface area (Å²) < 4.78 is 7.93. The van der Waals surface area contributed by atoms with Gasteiger partial charge in [-0.3, -0.25) is 4.79 Å². The third kappa shape index (κ3) is 3.96. The van der Waals surface area contributed by atoms with Crippen molar-refractivity contribution >= 4 is 23.0 Å². The van der Waals surface area contributed by atoms with Crippen LogP contribution in [0.15, 0.2) is 77.4 Å². The molecule has 1 amide bonds. The van der Waals surface area contributed by atoms with E-state index in [1.807, 2.05) is 77.6 Å². The van der Waals surface area contributed by atoms with Gasteiger partial charge < -0.3 is 9.73 Å². The number of aromatic nitrogens is 2. The topological polar surface area (TPSA) is 60.1 Å². The molecule has 2 aromatic heterocycles. The van der Waals surface area contributed by atoms with E-state index in [0.717, 1.165) is 34.1 Å². The highest BCUT2D eigenvalue weighted by Crippen LogP contribution is 2.49. The summed E-state index contributed by atoms with van der Waals surface area (Å²) in [5.74, 6) is 2.90. The van der Waals surface area contributed by atoms with Gasteiger partial charge in [0.15, 0.2) is 5.76 Å². The maximum atomic E-state index is 12.8. The quantitative estimate of drug-likeness (QED) is 0.353. The Bertz CT molecular complexity index is 1320. The van der Waals surface area contributed by atoms with Crippen molar-refractivity contribution in [2.45, 2.75) is 38.6 Å². The zero-order valence-electron chi connectivity index (χ0n) is 19.4. The van der Waals surface area contributed by atoms with E-state index in [0.29, 0.717) is 17.4 Å². The Labute approximate surface area is 199 Å². The minimum absolute atomic E-state index is 0.0571. The summed E-state index contributed by atoms with van der Waals surface area (Å²) in [5.41, 5.74) is 3.32. The Morgan fingerprint density at radius 2 is 1.94 bits per heavy atom. The monoisotopic (exact) mass is 451 g/mol. The first-order chi connectivity index (χ1) is 16.6. The Balaban J connectivity index is 1.27. The SMILES string of the molecule is C[C@@H](NC(=O)/C=C/c1cn(-c2ccccc2)nc1-c1cc2ccccc2o1)[C@@H]1C[C@H]2CC[C@H]1C2. The summed E-state index contributed by atoms with van der Waals surface area (Å²) in [7, 11) is 0. The molecule has 4 atom stereocenters. The highest BCUT2D eigenvalue weighted by atomic mass is 16.3. The van der Waals surface area contributed by atoms with Gasteiger partial charge in [0.2, 0.25) is 5.91 Å². The average molecular weight is 452 g/mol. The number of furan rings is 1. The van der Waals surface area contributed by atoms with Crippen LogP contribution in [0.3, 0.4) is 0 Å². The Morgan fingerprint density at radius 1 is 1.12 bits per heavy atom. The van der Waals surface area contributed by atoms with Gasteiger partial charge >= 0.3 is 0 Å². The van der Waals surface area contributed by atoms with Crippen LogP contribution >= 0.6 is 0 Å². The summed E-state index contributed by atoms with van der Waals surface area (Å²) in [6, 6.07) is 20.1. The average Bonchev–Trinajstić information content (AvgIpc) is 3.65. The van der Waals surface area contributed by atoms with E-state index in [-0.39, 0.29) is 11.9 Å². The number of hydrogen-bond donors (Lipinski definition) is 1. The molecule has 2 aliphatic rings. The second kappa shape index (κ2) is 8.64. The number of carbonyl (C=O) groups is 1. The molecule has 2 heterocycles. The fourth-order valence-corrected chi connectivity index (χ4v) is 5.96. The number of rotatable bonds is 6. The lowest BCUT2D eigenvalue weighted by molar-refractivity contribution is -0.117. The number of hydrogen-bond acceptors (Lipinski definition) is 3. The van der Waals surface area contributed by atoms with Gasteiger partial charge in [0.1, 0.15) is 11.3 Å². The lowest BCUT2D eigenvalue weighted by Gasteiger charge is -2.28. The van der Waals surface area contributed by atoms with Crippen molar-refractivity contribution in [2.75, 3.05) is 0 Å². The molecule has 172 valence electrons. The number of nitrogens with one attached hydrogen (secondary N) is 1. The van der Waals surface area contributed by atoms with Crippen LogP contribution < -0.4 is 5.32 Å². The predicted molar refractivity (Wildman–Crippen MR) is 134 cm³/mol. The van der Waals surface area contributed by atoms with E-state index in [1.54, 1.807) is 6.08 Å². The fourth-order valence-electron chi connectivity index (χ4n) is 5.96. The standard InChI is InChI=1S/C29H29N3O2/c1-19(25-16-20-11-12-21(25)15-20)30-28(33)14-13-23-18-32(24-8-3-2-4-9-24)31-29(23)27-17-22-7-5-6-10-26(22)34-27/h2-10,13-14,17-21,25H,11-12,15-16H2,1H3,(H,30,33)/b14-13+/t19-,20+,21+,25+/m1/s1. The molecule has 2 fully saturated rings. The molecule has 5 heteroatoms. The fraction of sp³-hybridized carbons (Fsp3) is 0.310. The summed E-state index contributed by atoms with van der Waals surface area (Å²) in [5, 5.41) is 9.06. The minimum Gasteiger partial charge on any atom is -0.454 e. The van der Waals surface area contributed by atoms with Crippen LogP contribution in [0.1, 0.15) is 38.2 Å². The summed E-state index contributed by atoms with van der Waals surface area (Å²) in [6.07, 6.45) is 10.7. The van der Waals surface area contributed by atoms with Crippen LogP contribution in [-0.2, 0) is 4.79 Å². The van der Waals surface area contributed by atoms with Gasteiger partial charge in [-0.2, -0.15) is 5.10 Å². The van der Waals surface area contributed by atoms with Gasteiger partial charge in [0.05, 0.1) is 5.69 Å². The molecule has 4 aromatic rings. The molecular formula is C29H29N3O2. The van der Waals surface area contributed by atoms with Gasteiger partial charge in [-0.1, -0.05) is 42.8 Å². The molecule has 2 aliphatic carbocycles. The zero-order chi connectivity index (χ0) is 23.1. The first-order valence-corrected chi connectivity index (χ1v) is 12.3. The van der Waals surface area contributed by atoms with Crippen molar-refractivity contribution in [1.29, 1.82) is 0 Å². The summed E-state index contributed by atoms with van der Waals surface area (Å²) in [4.78, 5) is 12.8. The number of para-hydroxylation sites is 2. The van der Waals surface area contributed by atoms with Crippen molar-refractivity contribution in [3.05, 3.63) is 78.5 Å². The van der Waals surface area contributed by atoms with Gasteiger partial charge in [-0.25, -0.2) is 4.68 Å². The first-order valence-electron chi connectivity index (χ1n) is 12.3. The molecule has 0 radical (unpaired) electrons. The van der Waals surface area contributed by atoms with Crippen LogP contribution in [0.5, 0.6) is 0 Å². The lowest BCUT2D eigenvalue weighted by atomic mass is 9.84. The van der Waals surface area contributed by atoms with Gasteiger partial charge in [-0.05, 0) is 74.3 Å². The van der Waals surface area contributed by atoms with Gasteiger partial charge in [-0.15, -0.1) is 0 Å². The number of amides is 1. The van der Waals surface area contributed by atoms with E-state index < -0.39 is 0 Å². The van der Waals surface area contributed by atoms with E-state index in [2.05, 4.69) is 12.2 Å². The second-order valence-electron chi connectivity index (χ2n) is 9.83. The van der Waals surface area contributed by atoms with Crippen molar-refractivity contribution in [1.82, 2.24) is 15.1 Å². The maximum Gasteiger partial charge on any atom is 0.244 e. The Hall–Kier alpha value is -3.60. The predicted octanol–water partition coefficient (Wildman–Crippen LogP) is 6.24. The molecule has 34 heavy (non-hydrogen) atoms. The van der Waals surface area contributed by atoms with E-state index in [9.17, 15) is 4.79 Å². The van der Waals surface area contributed by atoms with Crippen molar-refractivity contribution in [3.63, 3.8) is 0 Å². The highest BCUT2D eigenvalue weighted by molar-refractivity contribution is 5.93. The molecule has 0 unspecified atom stereocenters. The Kier molecular flexibility index (Phi) is 5.33. The lowest BCUT2D eigenvalue weighted by Crippen LogP contribution is -2.39. The molecule has 2 bridgehead atoms. The molecule has 0 saturated heterocycles.